The summed E-state index contributed by atoms with van der Waals surface area (Å²) in [5, 5.41) is 14.3. The van der Waals surface area contributed by atoms with Crippen LogP contribution in [-0.2, 0) is 0 Å². The van der Waals surface area contributed by atoms with Crippen molar-refractivity contribution in [2.75, 3.05) is 5.43 Å². The molecule has 94 valence electrons. The lowest BCUT2D eigenvalue weighted by molar-refractivity contribution is 0.547. The number of nitrogens with two attached hydrogens (primary N) is 1. The summed E-state index contributed by atoms with van der Waals surface area (Å²) in [6.07, 6.45) is 0. The van der Waals surface area contributed by atoms with Gasteiger partial charge in [0.2, 0.25) is 0 Å². The maximum atomic E-state index is 13.2. The van der Waals surface area contributed by atoms with Gasteiger partial charge in [0.25, 0.3) is 0 Å². The fourth-order valence-corrected chi connectivity index (χ4v) is 1.22. The van der Waals surface area contributed by atoms with E-state index in [-0.39, 0.29) is 17.4 Å². The van der Waals surface area contributed by atoms with E-state index in [0.717, 1.165) is 0 Å². The Morgan fingerprint density at radius 3 is 2.39 bits per heavy atom. The van der Waals surface area contributed by atoms with Crippen molar-refractivity contribution < 1.29 is 13.2 Å². The van der Waals surface area contributed by atoms with Crippen molar-refractivity contribution in [3.05, 3.63) is 29.6 Å². The average Bonchev–Trinajstić information content (AvgIpc) is 2.58. The molecule has 1 aromatic carbocycles. The molecular formula is C9H7F3N6. The highest BCUT2D eigenvalue weighted by molar-refractivity contribution is 6.68. The third kappa shape index (κ3) is 2.10. The second kappa shape index (κ2) is 4.35. The Hall–Kier alpha value is -2.58. The maximum absolute atomic E-state index is 13.2. The van der Waals surface area contributed by atoms with Gasteiger partial charge in [0.15, 0.2) is 29.0 Å². The number of amidine groups is 2. The van der Waals surface area contributed by atoms with Crippen LogP contribution in [0.2, 0.25) is 0 Å². The number of hydrogen-bond donors (Lipinski definition) is 4. The highest BCUT2D eigenvalue weighted by Gasteiger charge is 2.19. The van der Waals surface area contributed by atoms with Gasteiger partial charge in [0, 0.05) is 12.1 Å². The summed E-state index contributed by atoms with van der Waals surface area (Å²) in [4.78, 5) is 0. The number of halogens is 3. The van der Waals surface area contributed by atoms with Crippen molar-refractivity contribution in [1.29, 1.82) is 5.41 Å². The number of rotatable bonds is 2. The van der Waals surface area contributed by atoms with Crippen molar-refractivity contribution in [2.45, 2.75) is 0 Å². The molecule has 2 rings (SSSR count). The van der Waals surface area contributed by atoms with Crippen molar-refractivity contribution >= 4 is 23.1 Å². The highest BCUT2D eigenvalue weighted by Crippen LogP contribution is 2.20. The molecule has 0 spiro atoms. The smallest absolute Gasteiger partial charge is 0.175 e. The summed E-state index contributed by atoms with van der Waals surface area (Å²) in [6, 6.07) is 1.00. The molecule has 1 aliphatic rings. The van der Waals surface area contributed by atoms with E-state index in [0.29, 0.717) is 12.1 Å². The second-order valence-corrected chi connectivity index (χ2v) is 3.30. The topological polar surface area (TPSA) is 98.7 Å². The van der Waals surface area contributed by atoms with Crippen LogP contribution in [0.4, 0.5) is 18.9 Å². The SMILES string of the molecule is N=C1NN=C(N)/C1=N/Nc1c(F)cc(F)cc1F. The molecule has 0 fully saturated rings. The largest absolute Gasteiger partial charge is 0.380 e. The fraction of sp³-hybridized carbons (Fsp3) is 0. The van der Waals surface area contributed by atoms with Gasteiger partial charge in [-0.05, 0) is 0 Å². The first-order chi connectivity index (χ1) is 8.49. The van der Waals surface area contributed by atoms with Crippen LogP contribution in [0.15, 0.2) is 22.3 Å². The summed E-state index contributed by atoms with van der Waals surface area (Å²) in [5.74, 6) is -3.66. The van der Waals surface area contributed by atoms with Crippen LogP contribution < -0.4 is 16.6 Å². The number of nitrogens with one attached hydrogen (secondary N) is 3. The Balaban J connectivity index is 2.28. The molecule has 0 radical (unpaired) electrons. The molecule has 0 saturated carbocycles. The first-order valence-electron chi connectivity index (χ1n) is 4.65. The van der Waals surface area contributed by atoms with Crippen LogP contribution in [0.5, 0.6) is 0 Å². The predicted octanol–water partition coefficient (Wildman–Crippen LogP) is 0.724. The number of hydrazone groups is 2. The minimum Gasteiger partial charge on any atom is -0.380 e. The zero-order valence-electron chi connectivity index (χ0n) is 8.76. The zero-order valence-corrected chi connectivity index (χ0v) is 8.76. The Morgan fingerprint density at radius 2 is 1.89 bits per heavy atom. The molecule has 1 aromatic rings. The first kappa shape index (κ1) is 11.9. The highest BCUT2D eigenvalue weighted by atomic mass is 19.1. The van der Waals surface area contributed by atoms with Gasteiger partial charge in [0.1, 0.15) is 11.5 Å². The Bertz CT molecular complexity index is 557. The van der Waals surface area contributed by atoms with Gasteiger partial charge in [-0.15, -0.1) is 0 Å². The summed E-state index contributed by atoms with van der Waals surface area (Å²) < 4.78 is 39.1. The molecule has 6 nitrogen and oxygen atoms in total. The Kier molecular flexibility index (Phi) is 2.88. The Labute approximate surface area is 98.9 Å². The summed E-state index contributed by atoms with van der Waals surface area (Å²) >= 11 is 0. The van der Waals surface area contributed by atoms with Crippen LogP contribution in [0.1, 0.15) is 0 Å². The van der Waals surface area contributed by atoms with E-state index in [4.69, 9.17) is 11.1 Å². The summed E-state index contributed by atoms with van der Waals surface area (Å²) in [6.45, 7) is 0. The molecule has 0 aliphatic carbocycles. The van der Waals surface area contributed by atoms with Crippen LogP contribution in [0, 0.1) is 22.9 Å². The number of nitrogens with zero attached hydrogens (tertiary/aromatic N) is 2. The molecule has 18 heavy (non-hydrogen) atoms. The molecule has 0 amide bonds. The normalized spacial score (nSPS) is 16.7. The molecular weight excluding hydrogens is 249 g/mol. The lowest BCUT2D eigenvalue weighted by atomic mass is 10.3. The second-order valence-electron chi connectivity index (χ2n) is 3.30. The number of benzene rings is 1. The van der Waals surface area contributed by atoms with Crippen molar-refractivity contribution in [3.63, 3.8) is 0 Å². The average molecular weight is 256 g/mol. The van der Waals surface area contributed by atoms with Crippen molar-refractivity contribution in [3.8, 4) is 0 Å². The van der Waals surface area contributed by atoms with E-state index in [1.165, 1.54) is 0 Å². The van der Waals surface area contributed by atoms with Gasteiger partial charge in [-0.25, -0.2) is 13.2 Å². The fourth-order valence-electron chi connectivity index (χ4n) is 1.22. The molecule has 0 bridgehead atoms. The van der Waals surface area contributed by atoms with E-state index >= 15 is 0 Å². The lowest BCUT2D eigenvalue weighted by Crippen LogP contribution is -2.28. The van der Waals surface area contributed by atoms with Gasteiger partial charge in [-0.2, -0.15) is 10.2 Å². The van der Waals surface area contributed by atoms with E-state index in [1.807, 2.05) is 5.43 Å². The van der Waals surface area contributed by atoms with Gasteiger partial charge < -0.3 is 5.73 Å². The standard InChI is InChI=1S/C9H7F3N6/c10-3-1-4(11)6(5(12)2-3)15-16-7-8(13)17-18-9(7)14/h1-2,15H,(H4,13,14,16,17,18). The third-order valence-electron chi connectivity index (χ3n) is 2.05. The number of hydrogen-bond acceptors (Lipinski definition) is 5. The van der Waals surface area contributed by atoms with Crippen molar-refractivity contribution in [2.24, 2.45) is 15.9 Å². The molecule has 0 atom stereocenters. The molecule has 0 aromatic heterocycles. The van der Waals surface area contributed by atoms with Gasteiger partial charge in [-0.1, -0.05) is 0 Å². The molecule has 9 heteroatoms. The minimum absolute atomic E-state index is 0.0990. The summed E-state index contributed by atoms with van der Waals surface area (Å²) in [7, 11) is 0. The van der Waals surface area contributed by atoms with Gasteiger partial charge in [0.05, 0.1) is 0 Å². The van der Waals surface area contributed by atoms with Crippen LogP contribution in [0.3, 0.4) is 0 Å². The quantitative estimate of drug-likeness (QED) is 0.587. The zero-order chi connectivity index (χ0) is 13.3. The van der Waals surface area contributed by atoms with Gasteiger partial charge in [-0.3, -0.25) is 16.3 Å². The molecule has 1 heterocycles. The van der Waals surface area contributed by atoms with Crippen molar-refractivity contribution in [1.82, 2.24) is 5.43 Å². The molecule has 5 N–H and O–H groups in total. The maximum Gasteiger partial charge on any atom is 0.175 e. The number of anilines is 1. The van der Waals surface area contributed by atoms with E-state index in [1.54, 1.807) is 0 Å². The predicted molar refractivity (Wildman–Crippen MR) is 59.9 cm³/mol. The van der Waals surface area contributed by atoms with Crippen LogP contribution in [0.25, 0.3) is 0 Å². The molecule has 1 aliphatic heterocycles. The minimum atomic E-state index is -1.15. The van der Waals surface area contributed by atoms with E-state index in [2.05, 4.69) is 15.6 Å². The van der Waals surface area contributed by atoms with E-state index in [9.17, 15) is 13.2 Å². The van der Waals surface area contributed by atoms with Crippen LogP contribution >= 0.6 is 0 Å². The third-order valence-corrected chi connectivity index (χ3v) is 2.05. The van der Waals surface area contributed by atoms with Crippen LogP contribution in [-0.4, -0.2) is 17.4 Å². The van der Waals surface area contributed by atoms with E-state index < -0.39 is 23.1 Å². The Morgan fingerprint density at radius 1 is 1.28 bits per heavy atom. The molecule has 0 saturated heterocycles. The monoisotopic (exact) mass is 256 g/mol. The molecule has 0 unspecified atom stereocenters. The lowest BCUT2D eigenvalue weighted by Gasteiger charge is -2.05. The summed E-state index contributed by atoms with van der Waals surface area (Å²) in [5.41, 5.74) is 8.88. The first-order valence-corrected chi connectivity index (χ1v) is 4.65. The van der Waals surface area contributed by atoms with Gasteiger partial charge >= 0.3 is 0 Å².